The molecule has 170 valence electrons. The lowest BCUT2D eigenvalue weighted by molar-refractivity contribution is 0.170. The van der Waals surface area contributed by atoms with E-state index in [4.69, 9.17) is 4.74 Å². The van der Waals surface area contributed by atoms with Crippen molar-refractivity contribution in [3.8, 4) is 11.5 Å². The third kappa shape index (κ3) is 5.77. The van der Waals surface area contributed by atoms with Crippen molar-refractivity contribution in [1.29, 1.82) is 0 Å². The van der Waals surface area contributed by atoms with Gasteiger partial charge in [-0.1, -0.05) is 30.3 Å². The number of phenols is 1. The van der Waals surface area contributed by atoms with E-state index in [9.17, 15) is 14.4 Å². The molecule has 0 aliphatic heterocycles. The summed E-state index contributed by atoms with van der Waals surface area (Å²) in [7, 11) is -0.113. The Morgan fingerprint density at radius 2 is 1.94 bits per heavy atom. The summed E-state index contributed by atoms with van der Waals surface area (Å²) in [6.45, 7) is 5.78. The number of aliphatic hydroxyl groups is 1. The van der Waals surface area contributed by atoms with Crippen molar-refractivity contribution < 1.29 is 19.2 Å². The molecular weight excluding hydrogens is 430 g/mol. The van der Waals surface area contributed by atoms with Gasteiger partial charge in [0.05, 0.1) is 24.1 Å². The Labute approximate surface area is 189 Å². The highest BCUT2D eigenvalue weighted by Gasteiger charge is 2.25. The third-order valence-electron chi connectivity index (χ3n) is 4.65. The summed E-state index contributed by atoms with van der Waals surface area (Å²) in [4.78, 5) is 0. The maximum absolute atomic E-state index is 12.7. The fraction of sp³-hybridized carbons (Fsp3) is 0.364. The van der Waals surface area contributed by atoms with E-state index in [0.717, 1.165) is 5.56 Å². The topological polar surface area (TPSA) is 123 Å². The van der Waals surface area contributed by atoms with Crippen LogP contribution in [0.25, 0.3) is 0 Å². The van der Waals surface area contributed by atoms with Gasteiger partial charge in [-0.15, -0.1) is 5.10 Å². The van der Waals surface area contributed by atoms with Gasteiger partial charge >= 0.3 is 0 Å². The second kappa shape index (κ2) is 10.0. The van der Waals surface area contributed by atoms with E-state index in [-0.39, 0.29) is 23.7 Å². The maximum Gasteiger partial charge on any atom is 0.180 e. The summed E-state index contributed by atoms with van der Waals surface area (Å²) in [5.41, 5.74) is 1.61. The molecule has 32 heavy (non-hydrogen) atoms. The molecule has 3 aromatic rings. The van der Waals surface area contributed by atoms with Crippen LogP contribution >= 0.6 is 0 Å². The molecule has 0 radical (unpaired) electrons. The SMILES string of the molecule is COc1ccc(C(C[C@H](O)c2nnnn2Cc2ccccc2)=N[S@@](=O)C(C)(C)C)c(O)c1. The molecule has 2 aromatic carbocycles. The Morgan fingerprint density at radius 1 is 1.22 bits per heavy atom. The highest BCUT2D eigenvalue weighted by atomic mass is 32.2. The normalized spacial score (nSPS) is 14.2. The van der Waals surface area contributed by atoms with Crippen LogP contribution in [0.5, 0.6) is 11.5 Å². The van der Waals surface area contributed by atoms with Crippen LogP contribution < -0.4 is 4.74 Å². The molecule has 9 nitrogen and oxygen atoms in total. The van der Waals surface area contributed by atoms with Crippen LogP contribution in [0, 0.1) is 0 Å². The molecule has 0 spiro atoms. The molecule has 0 fully saturated rings. The number of ether oxygens (including phenoxy) is 1. The minimum Gasteiger partial charge on any atom is -0.507 e. The van der Waals surface area contributed by atoms with Gasteiger partial charge in [-0.2, -0.15) is 4.40 Å². The van der Waals surface area contributed by atoms with Crippen molar-refractivity contribution in [2.45, 2.75) is 44.6 Å². The lowest BCUT2D eigenvalue weighted by atomic mass is 10.0. The zero-order valence-electron chi connectivity index (χ0n) is 18.5. The van der Waals surface area contributed by atoms with E-state index in [0.29, 0.717) is 17.9 Å². The number of hydrogen-bond acceptors (Lipinski definition) is 7. The van der Waals surface area contributed by atoms with Crippen LogP contribution in [0.4, 0.5) is 0 Å². The first kappa shape index (κ1) is 23.6. The molecule has 10 heteroatoms. The lowest BCUT2D eigenvalue weighted by Crippen LogP contribution is -2.22. The van der Waals surface area contributed by atoms with Gasteiger partial charge in [-0.25, -0.2) is 8.89 Å². The zero-order chi connectivity index (χ0) is 23.3. The molecule has 0 saturated heterocycles. The molecule has 0 aliphatic rings. The molecule has 2 N–H and O–H groups in total. The minimum absolute atomic E-state index is 0.0448. The van der Waals surface area contributed by atoms with E-state index in [1.54, 1.807) is 32.9 Å². The first-order chi connectivity index (χ1) is 15.2. The summed E-state index contributed by atoms with van der Waals surface area (Å²) >= 11 is 0. The summed E-state index contributed by atoms with van der Waals surface area (Å²) in [6, 6.07) is 14.3. The van der Waals surface area contributed by atoms with Gasteiger partial charge in [-0.05, 0) is 48.9 Å². The zero-order valence-corrected chi connectivity index (χ0v) is 19.3. The molecule has 0 unspecified atom stereocenters. The minimum atomic E-state index is -1.61. The Morgan fingerprint density at radius 3 is 2.56 bits per heavy atom. The van der Waals surface area contributed by atoms with Crippen LogP contribution in [-0.2, 0) is 17.5 Å². The van der Waals surface area contributed by atoms with Crippen molar-refractivity contribution in [3.05, 3.63) is 65.5 Å². The van der Waals surface area contributed by atoms with Gasteiger partial charge < -0.3 is 14.9 Å². The van der Waals surface area contributed by atoms with Crippen molar-refractivity contribution in [1.82, 2.24) is 20.2 Å². The largest absolute Gasteiger partial charge is 0.507 e. The van der Waals surface area contributed by atoms with Crippen LogP contribution in [0.1, 0.15) is 50.2 Å². The first-order valence-electron chi connectivity index (χ1n) is 10.0. The van der Waals surface area contributed by atoms with Crippen molar-refractivity contribution >= 4 is 16.7 Å². The Kier molecular flexibility index (Phi) is 7.37. The highest BCUT2D eigenvalue weighted by molar-refractivity contribution is 7.85. The second-order valence-corrected chi connectivity index (χ2v) is 10.1. The summed E-state index contributed by atoms with van der Waals surface area (Å²) in [5, 5.41) is 33.1. The van der Waals surface area contributed by atoms with E-state index in [2.05, 4.69) is 19.9 Å². The quantitative estimate of drug-likeness (QED) is 0.499. The highest BCUT2D eigenvalue weighted by Crippen LogP contribution is 2.28. The number of phenolic OH excluding ortho intramolecular Hbond substituents is 1. The number of rotatable bonds is 8. The average molecular weight is 458 g/mol. The molecule has 1 aromatic heterocycles. The van der Waals surface area contributed by atoms with Gasteiger partial charge in [0, 0.05) is 18.1 Å². The van der Waals surface area contributed by atoms with E-state index in [1.807, 2.05) is 30.3 Å². The van der Waals surface area contributed by atoms with Gasteiger partial charge in [0.15, 0.2) is 5.82 Å². The van der Waals surface area contributed by atoms with Crippen LogP contribution in [-0.4, -0.2) is 52.2 Å². The molecule has 0 bridgehead atoms. The average Bonchev–Trinajstić information content (AvgIpc) is 3.21. The fourth-order valence-electron chi connectivity index (χ4n) is 2.91. The summed E-state index contributed by atoms with van der Waals surface area (Å²) < 4.78 is 23.1. The lowest BCUT2D eigenvalue weighted by Gasteiger charge is -2.18. The standard InChI is InChI=1S/C22H27N5O4S/c1-22(2,3)32(30)24-18(17-11-10-16(31-4)12-19(17)28)13-20(29)21-23-25-26-27(21)14-15-8-6-5-7-9-15/h5-12,20,28-29H,13-14H2,1-4H3/t20-,32-/m0/s1. The first-order valence-corrected chi connectivity index (χ1v) is 11.1. The number of aliphatic hydroxyl groups excluding tert-OH is 1. The number of tetrazole rings is 1. The smallest absolute Gasteiger partial charge is 0.180 e. The predicted molar refractivity (Wildman–Crippen MR) is 122 cm³/mol. The Balaban J connectivity index is 1.93. The van der Waals surface area contributed by atoms with E-state index < -0.39 is 21.8 Å². The van der Waals surface area contributed by atoms with Crippen LogP contribution in [0.3, 0.4) is 0 Å². The number of aromatic hydroxyl groups is 1. The van der Waals surface area contributed by atoms with Crippen LogP contribution in [0.15, 0.2) is 52.9 Å². The second-order valence-electron chi connectivity index (χ2n) is 8.18. The van der Waals surface area contributed by atoms with Gasteiger partial charge in [-0.3, -0.25) is 0 Å². The number of methoxy groups -OCH3 is 1. The van der Waals surface area contributed by atoms with Gasteiger partial charge in [0.1, 0.15) is 28.6 Å². The van der Waals surface area contributed by atoms with Gasteiger partial charge in [0.25, 0.3) is 0 Å². The predicted octanol–water partition coefficient (Wildman–Crippen LogP) is 2.81. The fourth-order valence-corrected chi connectivity index (χ4v) is 3.56. The number of aromatic nitrogens is 4. The Hall–Kier alpha value is -3.11. The van der Waals surface area contributed by atoms with Gasteiger partial charge in [0.2, 0.25) is 0 Å². The third-order valence-corrected chi connectivity index (χ3v) is 6.09. The summed E-state index contributed by atoms with van der Waals surface area (Å²) in [6.07, 6.45) is -1.18. The molecule has 0 saturated carbocycles. The number of hydrogen-bond donors (Lipinski definition) is 2. The van der Waals surface area contributed by atoms with Crippen molar-refractivity contribution in [2.75, 3.05) is 7.11 Å². The molecule has 3 rings (SSSR count). The molecule has 2 atom stereocenters. The molecular formula is C22H27N5O4S. The van der Waals surface area contributed by atoms with E-state index >= 15 is 0 Å². The van der Waals surface area contributed by atoms with Crippen molar-refractivity contribution in [3.63, 3.8) is 0 Å². The van der Waals surface area contributed by atoms with Crippen molar-refractivity contribution in [2.24, 2.45) is 4.40 Å². The maximum atomic E-state index is 12.7. The molecule has 0 amide bonds. The number of benzene rings is 2. The Bertz CT molecular complexity index is 1110. The van der Waals surface area contributed by atoms with Crippen LogP contribution in [0.2, 0.25) is 0 Å². The monoisotopic (exact) mass is 457 g/mol. The summed E-state index contributed by atoms with van der Waals surface area (Å²) in [5.74, 6) is 0.621. The molecule has 0 aliphatic carbocycles. The van der Waals surface area contributed by atoms with E-state index in [1.165, 1.54) is 17.9 Å². The number of nitrogens with zero attached hydrogens (tertiary/aromatic N) is 5. The molecule has 1 heterocycles.